The molecular weight excluding hydrogens is 475 g/mol. The number of methoxy groups -OCH3 is 3. The second-order valence-corrected chi connectivity index (χ2v) is 7.65. The van der Waals surface area contributed by atoms with E-state index in [0.29, 0.717) is 17.2 Å². The van der Waals surface area contributed by atoms with Gasteiger partial charge in [0.2, 0.25) is 5.75 Å². The van der Waals surface area contributed by atoms with Crippen molar-refractivity contribution in [2.75, 3.05) is 26.6 Å². The number of hydrogen-bond acceptors (Lipinski definition) is 6. The van der Waals surface area contributed by atoms with Gasteiger partial charge < -0.3 is 24.3 Å². The highest BCUT2D eigenvalue weighted by Crippen LogP contribution is 2.38. The fourth-order valence-electron chi connectivity index (χ4n) is 3.52. The molecule has 0 saturated carbocycles. The number of halogens is 3. The van der Waals surface area contributed by atoms with Gasteiger partial charge in [-0.2, -0.15) is 0 Å². The Morgan fingerprint density at radius 3 is 2.08 bits per heavy atom. The molecule has 3 aromatic carbocycles. The molecule has 0 unspecified atom stereocenters. The first-order chi connectivity index (χ1) is 17.2. The van der Waals surface area contributed by atoms with Crippen molar-refractivity contribution in [3.8, 4) is 23.0 Å². The second-order valence-electron chi connectivity index (χ2n) is 7.65. The summed E-state index contributed by atoms with van der Waals surface area (Å²) in [6.07, 6.45) is -0.493. The lowest BCUT2D eigenvalue weighted by Crippen LogP contribution is -2.17. The van der Waals surface area contributed by atoms with Crippen molar-refractivity contribution in [3.05, 3.63) is 89.6 Å². The lowest BCUT2D eigenvalue weighted by molar-refractivity contribution is -0.274. The number of rotatable bonds is 11. The summed E-state index contributed by atoms with van der Waals surface area (Å²) in [6.45, 7) is 0. The average molecular weight is 502 g/mol. The molecule has 0 aliphatic heterocycles. The minimum Gasteiger partial charge on any atom is -0.493 e. The number of ether oxygens (including phenoxy) is 4. The Morgan fingerprint density at radius 1 is 0.861 bits per heavy atom. The summed E-state index contributed by atoms with van der Waals surface area (Å²) < 4.78 is 56.8. The number of carbonyl (C=O) groups is 1. The standard InChI is InChI=1S/C27H26F3NO5/c1-33-24-16-19(17-25(34-2)26(24)35-3)8-7-18-5-4-6-21(15-18)31-14-13-23(32)20-9-11-22(12-10-20)36-27(28,29)30/h4-6,9-17,31H,7-8H2,1-3H3/b14-13-. The molecule has 6 nitrogen and oxygen atoms in total. The Balaban J connectivity index is 1.59. The number of hydrogen-bond donors (Lipinski definition) is 1. The smallest absolute Gasteiger partial charge is 0.493 e. The van der Waals surface area contributed by atoms with E-state index in [-0.39, 0.29) is 17.1 Å². The fourth-order valence-corrected chi connectivity index (χ4v) is 3.52. The summed E-state index contributed by atoms with van der Waals surface area (Å²) in [5.74, 6) is 0.991. The van der Waals surface area contributed by atoms with Crippen LogP contribution in [0.15, 0.2) is 72.9 Å². The first-order valence-corrected chi connectivity index (χ1v) is 10.9. The molecule has 36 heavy (non-hydrogen) atoms. The molecule has 3 rings (SSSR count). The Hall–Kier alpha value is -4.14. The molecular formula is C27H26F3NO5. The van der Waals surface area contributed by atoms with E-state index in [0.717, 1.165) is 41.8 Å². The van der Waals surface area contributed by atoms with Crippen LogP contribution >= 0.6 is 0 Å². The minimum absolute atomic E-state index is 0.238. The van der Waals surface area contributed by atoms with Crippen LogP contribution in [0.4, 0.5) is 18.9 Å². The molecule has 0 aliphatic rings. The molecule has 0 amide bonds. The number of benzene rings is 3. The fraction of sp³-hybridized carbons (Fsp3) is 0.222. The van der Waals surface area contributed by atoms with Crippen molar-refractivity contribution in [1.82, 2.24) is 0 Å². The Morgan fingerprint density at radius 2 is 1.50 bits per heavy atom. The highest BCUT2D eigenvalue weighted by Gasteiger charge is 2.31. The number of nitrogens with one attached hydrogen (secondary N) is 1. The SMILES string of the molecule is COc1cc(CCc2cccc(N/C=C\C(=O)c3ccc(OC(F)(F)F)cc3)c2)cc(OC)c1OC. The van der Waals surface area contributed by atoms with Crippen molar-refractivity contribution in [2.45, 2.75) is 19.2 Å². The quantitative estimate of drug-likeness (QED) is 0.249. The van der Waals surface area contributed by atoms with E-state index in [9.17, 15) is 18.0 Å². The number of ketones is 1. The maximum atomic E-state index is 12.3. The van der Waals surface area contributed by atoms with Crippen molar-refractivity contribution >= 4 is 11.5 Å². The van der Waals surface area contributed by atoms with Gasteiger partial charge in [0.05, 0.1) is 21.3 Å². The zero-order valence-electron chi connectivity index (χ0n) is 20.0. The lowest BCUT2D eigenvalue weighted by atomic mass is 10.0. The zero-order valence-corrected chi connectivity index (χ0v) is 20.0. The van der Waals surface area contributed by atoms with Gasteiger partial charge in [-0.1, -0.05) is 12.1 Å². The molecule has 0 bridgehead atoms. The number of carbonyl (C=O) groups excluding carboxylic acids is 1. The molecule has 9 heteroatoms. The first-order valence-electron chi connectivity index (χ1n) is 10.9. The Labute approximate surface area is 207 Å². The third-order valence-electron chi connectivity index (χ3n) is 5.21. The average Bonchev–Trinajstić information content (AvgIpc) is 2.86. The van der Waals surface area contributed by atoms with E-state index in [1.54, 1.807) is 21.3 Å². The third-order valence-corrected chi connectivity index (χ3v) is 5.21. The molecule has 3 aromatic rings. The molecule has 0 radical (unpaired) electrons. The van der Waals surface area contributed by atoms with Crippen LogP contribution in [0.25, 0.3) is 0 Å². The predicted molar refractivity (Wildman–Crippen MR) is 130 cm³/mol. The number of allylic oxidation sites excluding steroid dienone is 1. The molecule has 0 atom stereocenters. The second kappa shape index (κ2) is 12.0. The van der Waals surface area contributed by atoms with Crippen LogP contribution in [0, 0.1) is 0 Å². The maximum absolute atomic E-state index is 12.3. The molecule has 0 aliphatic carbocycles. The maximum Gasteiger partial charge on any atom is 0.573 e. The van der Waals surface area contributed by atoms with Crippen LogP contribution in [0.2, 0.25) is 0 Å². The minimum atomic E-state index is -4.78. The molecule has 190 valence electrons. The van der Waals surface area contributed by atoms with E-state index in [2.05, 4.69) is 10.1 Å². The summed E-state index contributed by atoms with van der Waals surface area (Å²) >= 11 is 0. The third kappa shape index (κ3) is 7.43. The van der Waals surface area contributed by atoms with E-state index in [4.69, 9.17) is 14.2 Å². The van der Waals surface area contributed by atoms with Crippen LogP contribution < -0.4 is 24.3 Å². The summed E-state index contributed by atoms with van der Waals surface area (Å²) in [6, 6.07) is 16.3. The van der Waals surface area contributed by atoms with Gasteiger partial charge in [0.15, 0.2) is 17.3 Å². The molecule has 1 N–H and O–H groups in total. The normalized spacial score (nSPS) is 11.3. The van der Waals surface area contributed by atoms with Crippen molar-refractivity contribution in [1.29, 1.82) is 0 Å². The number of anilines is 1. The molecule has 0 aromatic heterocycles. The van der Waals surface area contributed by atoms with Crippen LogP contribution in [0.3, 0.4) is 0 Å². The van der Waals surface area contributed by atoms with E-state index in [1.165, 1.54) is 24.4 Å². The first kappa shape index (κ1) is 26.5. The monoisotopic (exact) mass is 501 g/mol. The largest absolute Gasteiger partial charge is 0.573 e. The van der Waals surface area contributed by atoms with Gasteiger partial charge in [0.1, 0.15) is 5.75 Å². The van der Waals surface area contributed by atoms with E-state index >= 15 is 0 Å². The van der Waals surface area contributed by atoms with Crippen LogP contribution in [-0.2, 0) is 12.8 Å². The molecule has 0 fully saturated rings. The highest BCUT2D eigenvalue weighted by molar-refractivity contribution is 6.04. The zero-order chi connectivity index (χ0) is 26.1. The van der Waals surface area contributed by atoms with Crippen molar-refractivity contribution in [2.24, 2.45) is 0 Å². The van der Waals surface area contributed by atoms with E-state index in [1.807, 2.05) is 36.4 Å². The summed E-state index contributed by atoms with van der Waals surface area (Å²) in [7, 11) is 4.71. The predicted octanol–water partition coefficient (Wildman–Crippen LogP) is 6.20. The van der Waals surface area contributed by atoms with Crippen LogP contribution in [-0.4, -0.2) is 33.5 Å². The summed E-state index contributed by atoms with van der Waals surface area (Å²) in [5.41, 5.74) is 3.13. The van der Waals surface area contributed by atoms with Gasteiger partial charge in [-0.25, -0.2) is 0 Å². The summed E-state index contributed by atoms with van der Waals surface area (Å²) in [5, 5.41) is 3.05. The van der Waals surface area contributed by atoms with Gasteiger partial charge in [-0.15, -0.1) is 13.2 Å². The van der Waals surface area contributed by atoms with Crippen molar-refractivity contribution < 1.29 is 36.9 Å². The van der Waals surface area contributed by atoms with Crippen molar-refractivity contribution in [3.63, 3.8) is 0 Å². The van der Waals surface area contributed by atoms with Gasteiger partial charge >= 0.3 is 6.36 Å². The van der Waals surface area contributed by atoms with Crippen LogP contribution in [0.1, 0.15) is 21.5 Å². The Bertz CT molecular complexity index is 1180. The van der Waals surface area contributed by atoms with Gasteiger partial charge in [-0.05, 0) is 72.5 Å². The van der Waals surface area contributed by atoms with Crippen LogP contribution in [0.5, 0.6) is 23.0 Å². The molecule has 0 heterocycles. The topological polar surface area (TPSA) is 66.0 Å². The van der Waals surface area contributed by atoms with E-state index < -0.39 is 6.36 Å². The molecule has 0 saturated heterocycles. The number of alkyl halides is 3. The van der Waals surface area contributed by atoms with Gasteiger partial charge in [0.25, 0.3) is 0 Å². The summed E-state index contributed by atoms with van der Waals surface area (Å²) in [4.78, 5) is 12.3. The van der Waals surface area contributed by atoms with Gasteiger partial charge in [0, 0.05) is 23.5 Å². The number of aryl methyl sites for hydroxylation is 2. The molecule has 0 spiro atoms. The Kier molecular flexibility index (Phi) is 8.83. The van der Waals surface area contributed by atoms with Gasteiger partial charge in [-0.3, -0.25) is 4.79 Å². The highest BCUT2D eigenvalue weighted by atomic mass is 19.4. The lowest BCUT2D eigenvalue weighted by Gasteiger charge is -2.14.